The van der Waals surface area contributed by atoms with Crippen molar-refractivity contribution in [1.82, 2.24) is 20.4 Å². The van der Waals surface area contributed by atoms with E-state index >= 15 is 0 Å². The van der Waals surface area contributed by atoms with Gasteiger partial charge in [0.1, 0.15) is 0 Å². The molecule has 1 heterocycles. The fraction of sp³-hybridized carbons (Fsp3) is 0.933. The van der Waals surface area contributed by atoms with E-state index in [1.54, 1.807) is 0 Å². The van der Waals surface area contributed by atoms with Crippen LogP contribution in [0.15, 0.2) is 4.99 Å². The topological polar surface area (TPSA) is 42.9 Å². The number of hydrogen-bond acceptors (Lipinski definition) is 3. The summed E-state index contributed by atoms with van der Waals surface area (Å²) in [7, 11) is 4.05. The van der Waals surface area contributed by atoms with Crippen molar-refractivity contribution in [3.8, 4) is 0 Å². The molecule has 0 spiro atoms. The minimum atomic E-state index is 0.943. The normalized spacial score (nSPS) is 18.2. The molecule has 118 valence electrons. The molecule has 0 aromatic carbocycles. The predicted octanol–water partition coefficient (Wildman–Crippen LogP) is 0.979. The maximum absolute atomic E-state index is 4.23. The summed E-state index contributed by atoms with van der Waals surface area (Å²) in [6.07, 6.45) is 4.89. The molecule has 5 nitrogen and oxygen atoms in total. The van der Waals surface area contributed by atoms with E-state index in [2.05, 4.69) is 39.4 Å². The van der Waals surface area contributed by atoms with Crippen molar-refractivity contribution in [2.45, 2.75) is 32.6 Å². The molecule has 0 amide bonds. The molecule has 1 aliphatic heterocycles. The van der Waals surface area contributed by atoms with Crippen molar-refractivity contribution in [2.75, 3.05) is 59.9 Å². The van der Waals surface area contributed by atoms with E-state index in [0.29, 0.717) is 0 Å². The van der Waals surface area contributed by atoms with Crippen molar-refractivity contribution in [3.05, 3.63) is 0 Å². The first-order valence-electron chi connectivity index (χ1n) is 8.11. The number of piperazine rings is 1. The number of nitrogens with one attached hydrogen (secondary N) is 2. The largest absolute Gasteiger partial charge is 0.356 e. The highest BCUT2D eigenvalue weighted by molar-refractivity contribution is 5.79. The van der Waals surface area contributed by atoms with Crippen LogP contribution >= 0.6 is 0 Å². The van der Waals surface area contributed by atoms with E-state index in [9.17, 15) is 0 Å². The lowest BCUT2D eigenvalue weighted by molar-refractivity contribution is 0.152. The Hall–Kier alpha value is -0.810. The zero-order chi connectivity index (χ0) is 14.6. The van der Waals surface area contributed by atoms with E-state index in [4.69, 9.17) is 0 Å². The summed E-state index contributed by atoms with van der Waals surface area (Å²) < 4.78 is 0. The quantitative estimate of drug-likeness (QED) is 0.396. The number of nitrogens with zero attached hydrogens (tertiary/aromatic N) is 3. The molecule has 0 aliphatic carbocycles. The minimum Gasteiger partial charge on any atom is -0.356 e. The summed E-state index contributed by atoms with van der Waals surface area (Å²) in [6, 6.07) is 0. The van der Waals surface area contributed by atoms with Gasteiger partial charge in [-0.25, -0.2) is 0 Å². The Morgan fingerprint density at radius 2 is 1.65 bits per heavy atom. The summed E-state index contributed by atoms with van der Waals surface area (Å²) in [5, 5.41) is 6.72. The first-order valence-corrected chi connectivity index (χ1v) is 8.11. The van der Waals surface area contributed by atoms with Crippen molar-refractivity contribution in [1.29, 1.82) is 0 Å². The third kappa shape index (κ3) is 7.70. The third-order valence-electron chi connectivity index (χ3n) is 3.84. The summed E-state index contributed by atoms with van der Waals surface area (Å²) in [4.78, 5) is 9.22. The number of likely N-dealkylation sites (N-methyl/N-ethyl adjacent to an activating group) is 1. The van der Waals surface area contributed by atoms with Gasteiger partial charge in [-0.2, -0.15) is 0 Å². The predicted molar refractivity (Wildman–Crippen MR) is 87.4 cm³/mol. The molecule has 0 saturated carbocycles. The standard InChI is InChI=1S/C15H33N5/c1-4-5-8-17-15(16-2)18-9-6-7-10-20-13-11-19(3)12-14-20/h4-14H2,1-3H3,(H2,16,17,18). The van der Waals surface area contributed by atoms with Crippen molar-refractivity contribution >= 4 is 5.96 Å². The number of unbranched alkanes of at least 4 members (excludes halogenated alkanes) is 2. The fourth-order valence-corrected chi connectivity index (χ4v) is 2.34. The molecule has 0 aromatic heterocycles. The molecule has 0 bridgehead atoms. The number of aliphatic imine (C=N–C) groups is 1. The van der Waals surface area contributed by atoms with Gasteiger partial charge in [-0.15, -0.1) is 0 Å². The SMILES string of the molecule is CCCCNC(=NC)NCCCCN1CCN(C)CC1. The van der Waals surface area contributed by atoms with Gasteiger partial charge >= 0.3 is 0 Å². The van der Waals surface area contributed by atoms with Gasteiger partial charge in [0.05, 0.1) is 0 Å². The van der Waals surface area contributed by atoms with Gasteiger partial charge in [0.2, 0.25) is 0 Å². The Kier molecular flexibility index (Phi) is 9.41. The summed E-state index contributed by atoms with van der Waals surface area (Å²) in [5.41, 5.74) is 0. The second kappa shape index (κ2) is 10.9. The second-order valence-corrected chi connectivity index (χ2v) is 5.63. The third-order valence-corrected chi connectivity index (χ3v) is 3.84. The number of rotatable bonds is 8. The van der Waals surface area contributed by atoms with Crippen LogP contribution in [0.3, 0.4) is 0 Å². The number of hydrogen-bond donors (Lipinski definition) is 2. The van der Waals surface area contributed by atoms with Gasteiger partial charge in [0, 0.05) is 46.3 Å². The first-order chi connectivity index (χ1) is 9.76. The Morgan fingerprint density at radius 1 is 1.00 bits per heavy atom. The maximum Gasteiger partial charge on any atom is 0.190 e. The number of guanidine groups is 1. The maximum atomic E-state index is 4.23. The van der Waals surface area contributed by atoms with E-state index in [1.165, 1.54) is 58.4 Å². The van der Waals surface area contributed by atoms with Crippen LogP contribution in [0.2, 0.25) is 0 Å². The fourth-order valence-electron chi connectivity index (χ4n) is 2.34. The zero-order valence-electron chi connectivity index (χ0n) is 13.6. The molecule has 1 rings (SSSR count). The van der Waals surface area contributed by atoms with Gasteiger partial charge in [-0.1, -0.05) is 13.3 Å². The van der Waals surface area contributed by atoms with Crippen LogP contribution in [0.1, 0.15) is 32.6 Å². The lowest BCUT2D eigenvalue weighted by Crippen LogP contribution is -2.44. The van der Waals surface area contributed by atoms with Crippen molar-refractivity contribution in [2.24, 2.45) is 4.99 Å². The lowest BCUT2D eigenvalue weighted by atomic mass is 10.2. The van der Waals surface area contributed by atoms with Gasteiger partial charge in [0.15, 0.2) is 5.96 Å². The van der Waals surface area contributed by atoms with E-state index < -0.39 is 0 Å². The Morgan fingerprint density at radius 3 is 2.25 bits per heavy atom. The van der Waals surface area contributed by atoms with Gasteiger partial charge in [-0.05, 0) is 32.9 Å². The van der Waals surface area contributed by atoms with E-state index in [1.807, 2.05) is 7.05 Å². The van der Waals surface area contributed by atoms with Crippen LogP contribution in [0.4, 0.5) is 0 Å². The van der Waals surface area contributed by atoms with Crippen LogP contribution in [0.5, 0.6) is 0 Å². The molecule has 20 heavy (non-hydrogen) atoms. The van der Waals surface area contributed by atoms with Crippen LogP contribution < -0.4 is 10.6 Å². The van der Waals surface area contributed by atoms with Crippen molar-refractivity contribution in [3.63, 3.8) is 0 Å². The average Bonchev–Trinajstić information content (AvgIpc) is 2.47. The Bertz CT molecular complexity index is 259. The smallest absolute Gasteiger partial charge is 0.190 e. The molecule has 0 aromatic rings. The molecule has 1 saturated heterocycles. The molecular weight excluding hydrogens is 250 g/mol. The highest BCUT2D eigenvalue weighted by atomic mass is 15.2. The van der Waals surface area contributed by atoms with Gasteiger partial charge in [-0.3, -0.25) is 4.99 Å². The molecule has 0 atom stereocenters. The summed E-state index contributed by atoms with van der Waals surface area (Å²) in [5.74, 6) is 0.943. The van der Waals surface area contributed by atoms with Crippen LogP contribution in [0.25, 0.3) is 0 Å². The molecule has 5 heteroatoms. The molecule has 0 unspecified atom stereocenters. The zero-order valence-corrected chi connectivity index (χ0v) is 13.6. The molecule has 0 radical (unpaired) electrons. The summed E-state index contributed by atoms with van der Waals surface area (Å²) >= 11 is 0. The van der Waals surface area contributed by atoms with E-state index in [-0.39, 0.29) is 0 Å². The summed E-state index contributed by atoms with van der Waals surface area (Å²) in [6.45, 7) is 10.3. The highest BCUT2D eigenvalue weighted by Gasteiger charge is 2.12. The van der Waals surface area contributed by atoms with Crippen LogP contribution in [0, 0.1) is 0 Å². The lowest BCUT2D eigenvalue weighted by Gasteiger charge is -2.32. The average molecular weight is 283 g/mol. The van der Waals surface area contributed by atoms with Crippen LogP contribution in [-0.2, 0) is 0 Å². The van der Waals surface area contributed by atoms with Crippen molar-refractivity contribution < 1.29 is 0 Å². The highest BCUT2D eigenvalue weighted by Crippen LogP contribution is 2.01. The molecule has 1 aliphatic rings. The van der Waals surface area contributed by atoms with Gasteiger partial charge in [0.25, 0.3) is 0 Å². The second-order valence-electron chi connectivity index (χ2n) is 5.63. The minimum absolute atomic E-state index is 0.943. The van der Waals surface area contributed by atoms with E-state index in [0.717, 1.165) is 19.0 Å². The first kappa shape index (κ1) is 17.2. The molecule has 2 N–H and O–H groups in total. The Balaban J connectivity index is 1.98. The Labute approximate surface area is 124 Å². The van der Waals surface area contributed by atoms with Crippen LogP contribution in [-0.4, -0.2) is 75.7 Å². The van der Waals surface area contributed by atoms with Gasteiger partial charge < -0.3 is 20.4 Å². The molecule has 1 fully saturated rings. The monoisotopic (exact) mass is 283 g/mol. The molecular formula is C15H33N5.